The third-order valence-corrected chi connectivity index (χ3v) is 7.62. The highest BCUT2D eigenvalue weighted by molar-refractivity contribution is 5.51. The highest BCUT2D eigenvalue weighted by atomic mass is 16.5. The number of ether oxygens (including phenoxy) is 2. The van der Waals surface area contributed by atoms with Gasteiger partial charge < -0.3 is 20.1 Å². The van der Waals surface area contributed by atoms with Crippen LogP contribution >= 0.6 is 0 Å². The van der Waals surface area contributed by atoms with Crippen molar-refractivity contribution in [2.45, 2.75) is 54.9 Å². The number of hydrogen-bond acceptors (Lipinski definition) is 4. The van der Waals surface area contributed by atoms with Gasteiger partial charge in [-0.2, -0.15) is 0 Å². The maximum absolute atomic E-state index is 6.89. The van der Waals surface area contributed by atoms with Crippen molar-refractivity contribution in [1.29, 1.82) is 0 Å². The molecule has 6 atom stereocenters. The zero-order chi connectivity index (χ0) is 15.2. The first-order valence-corrected chi connectivity index (χ1v) is 9.10. The Morgan fingerprint density at radius 3 is 3.13 bits per heavy atom. The average molecular weight is 312 g/mol. The fraction of sp³-hybridized carbons (Fsp3) is 0.684. The molecule has 0 radical (unpaired) electrons. The molecular formula is C19H24N2O2. The van der Waals surface area contributed by atoms with E-state index in [1.807, 2.05) is 0 Å². The van der Waals surface area contributed by atoms with E-state index in [4.69, 9.17) is 9.47 Å². The summed E-state index contributed by atoms with van der Waals surface area (Å²) in [6, 6.07) is 7.86. The Balaban J connectivity index is 1.66. The molecule has 3 aliphatic heterocycles. The molecule has 6 rings (SSSR count). The summed E-state index contributed by atoms with van der Waals surface area (Å²) in [5, 5.41) is 7.57. The van der Waals surface area contributed by atoms with Crippen LogP contribution in [-0.4, -0.2) is 44.0 Å². The maximum atomic E-state index is 6.89. The van der Waals surface area contributed by atoms with Crippen molar-refractivity contribution in [1.82, 2.24) is 10.6 Å². The van der Waals surface area contributed by atoms with E-state index in [1.165, 1.54) is 30.4 Å². The Morgan fingerprint density at radius 2 is 2.22 bits per heavy atom. The second-order valence-electron chi connectivity index (χ2n) is 8.08. The van der Waals surface area contributed by atoms with Gasteiger partial charge in [-0.1, -0.05) is 6.07 Å². The summed E-state index contributed by atoms with van der Waals surface area (Å²) >= 11 is 0. The first-order valence-electron chi connectivity index (χ1n) is 9.10. The van der Waals surface area contributed by atoms with Gasteiger partial charge in [-0.3, -0.25) is 0 Å². The molecule has 4 fully saturated rings. The van der Waals surface area contributed by atoms with Crippen molar-refractivity contribution < 1.29 is 9.47 Å². The zero-order valence-electron chi connectivity index (χ0n) is 13.6. The molecule has 3 saturated heterocycles. The highest BCUT2D eigenvalue weighted by Gasteiger charge is 2.75. The summed E-state index contributed by atoms with van der Waals surface area (Å²) in [6.45, 7) is 2.15. The summed E-state index contributed by atoms with van der Waals surface area (Å²) in [5.74, 6) is 1.63. The number of fused-ring (bicyclic) bond motifs is 1. The van der Waals surface area contributed by atoms with Crippen molar-refractivity contribution in [2.75, 3.05) is 20.2 Å². The van der Waals surface area contributed by atoms with Crippen LogP contribution < -0.4 is 15.4 Å². The lowest BCUT2D eigenvalue weighted by Gasteiger charge is -2.61. The molecule has 4 nitrogen and oxygen atoms in total. The van der Waals surface area contributed by atoms with Gasteiger partial charge in [0.2, 0.25) is 0 Å². The van der Waals surface area contributed by atoms with Crippen LogP contribution in [0.25, 0.3) is 0 Å². The van der Waals surface area contributed by atoms with Gasteiger partial charge in [0.15, 0.2) is 0 Å². The highest BCUT2D eigenvalue weighted by Crippen LogP contribution is 2.67. The molecule has 0 aromatic heterocycles. The van der Waals surface area contributed by atoms with Crippen LogP contribution in [0, 0.1) is 5.92 Å². The molecule has 4 bridgehead atoms. The molecule has 0 spiro atoms. The Labute approximate surface area is 136 Å². The van der Waals surface area contributed by atoms with E-state index in [0.29, 0.717) is 24.1 Å². The van der Waals surface area contributed by atoms with Crippen molar-refractivity contribution in [3.8, 4) is 5.75 Å². The van der Waals surface area contributed by atoms with Gasteiger partial charge >= 0.3 is 0 Å². The number of piperidine rings is 1. The third-order valence-electron chi connectivity index (χ3n) is 7.62. The Kier molecular flexibility index (Phi) is 2.36. The number of benzene rings is 1. The summed E-state index contributed by atoms with van der Waals surface area (Å²) in [4.78, 5) is 0. The summed E-state index contributed by atoms with van der Waals surface area (Å²) in [7, 11) is 1.78. The van der Waals surface area contributed by atoms with Gasteiger partial charge in [0.25, 0.3) is 0 Å². The second kappa shape index (κ2) is 4.11. The minimum Gasteiger partial charge on any atom is -0.497 e. The number of hydrogen-bond donors (Lipinski definition) is 2. The Morgan fingerprint density at radius 1 is 1.26 bits per heavy atom. The summed E-state index contributed by atoms with van der Waals surface area (Å²) in [5.41, 5.74) is 3.24. The van der Waals surface area contributed by atoms with Crippen LogP contribution in [0.2, 0.25) is 0 Å². The van der Waals surface area contributed by atoms with Gasteiger partial charge in [0, 0.05) is 30.0 Å². The maximum Gasteiger partial charge on any atom is 0.119 e. The minimum absolute atomic E-state index is 0.0124. The quantitative estimate of drug-likeness (QED) is 0.822. The monoisotopic (exact) mass is 312 g/mol. The Hall–Kier alpha value is -1.10. The van der Waals surface area contributed by atoms with Gasteiger partial charge in [0.05, 0.1) is 18.8 Å². The van der Waals surface area contributed by atoms with Crippen molar-refractivity contribution in [3.05, 3.63) is 29.3 Å². The van der Waals surface area contributed by atoms with Crippen LogP contribution in [0.4, 0.5) is 0 Å². The van der Waals surface area contributed by atoms with E-state index < -0.39 is 0 Å². The average Bonchev–Trinajstić information content (AvgIpc) is 3.04. The Bertz CT molecular complexity index is 692. The summed E-state index contributed by atoms with van der Waals surface area (Å²) < 4.78 is 12.5. The fourth-order valence-electron chi connectivity index (χ4n) is 6.98. The molecular weight excluding hydrogens is 288 g/mol. The molecule has 2 aliphatic carbocycles. The largest absolute Gasteiger partial charge is 0.497 e. The van der Waals surface area contributed by atoms with Crippen LogP contribution in [0.3, 0.4) is 0 Å². The smallest absolute Gasteiger partial charge is 0.119 e. The van der Waals surface area contributed by atoms with Gasteiger partial charge in [-0.15, -0.1) is 0 Å². The molecule has 3 heterocycles. The van der Waals surface area contributed by atoms with Crippen LogP contribution in [0.15, 0.2) is 18.2 Å². The van der Waals surface area contributed by atoms with Crippen LogP contribution in [0.5, 0.6) is 5.75 Å². The predicted molar refractivity (Wildman–Crippen MR) is 86.9 cm³/mol. The van der Waals surface area contributed by atoms with E-state index in [-0.39, 0.29) is 11.0 Å². The molecule has 23 heavy (non-hydrogen) atoms. The molecule has 2 N–H and O–H groups in total. The van der Waals surface area contributed by atoms with Crippen LogP contribution in [0.1, 0.15) is 30.4 Å². The lowest BCUT2D eigenvalue weighted by molar-refractivity contribution is -0.126. The lowest BCUT2D eigenvalue weighted by Crippen LogP contribution is -2.73. The van der Waals surface area contributed by atoms with E-state index >= 15 is 0 Å². The number of methoxy groups -OCH3 is 1. The normalized spacial score (nSPS) is 48.7. The number of nitrogens with one attached hydrogen (secondary N) is 2. The molecule has 1 saturated carbocycles. The van der Waals surface area contributed by atoms with E-state index in [2.05, 4.69) is 28.8 Å². The molecule has 5 aliphatic rings. The molecule has 4 unspecified atom stereocenters. The minimum atomic E-state index is 0.0124. The predicted octanol–water partition coefficient (Wildman–Crippen LogP) is 1.37. The molecule has 122 valence electrons. The van der Waals surface area contributed by atoms with Gasteiger partial charge in [-0.25, -0.2) is 0 Å². The summed E-state index contributed by atoms with van der Waals surface area (Å²) in [6.07, 6.45) is 5.13. The lowest BCUT2D eigenvalue weighted by atomic mass is 9.47. The van der Waals surface area contributed by atoms with E-state index in [1.54, 1.807) is 7.11 Å². The molecule has 0 amide bonds. The SMILES string of the molecule is COc1ccc2c(c1)C13CCNC(C2)[C@@]12CCC1NC[C@@H](O2)C13. The van der Waals surface area contributed by atoms with Gasteiger partial charge in [-0.05, 0) is 55.5 Å². The number of rotatable bonds is 1. The van der Waals surface area contributed by atoms with Crippen molar-refractivity contribution >= 4 is 0 Å². The van der Waals surface area contributed by atoms with E-state index in [9.17, 15) is 0 Å². The topological polar surface area (TPSA) is 42.5 Å². The fourth-order valence-corrected chi connectivity index (χ4v) is 6.98. The van der Waals surface area contributed by atoms with Crippen molar-refractivity contribution in [2.24, 2.45) is 5.92 Å². The van der Waals surface area contributed by atoms with Crippen LogP contribution in [-0.2, 0) is 16.6 Å². The first kappa shape index (κ1) is 13.2. The zero-order valence-corrected chi connectivity index (χ0v) is 13.6. The molecule has 1 aromatic carbocycles. The molecule has 1 aromatic rings. The first-order chi connectivity index (χ1) is 11.3. The van der Waals surface area contributed by atoms with Gasteiger partial charge in [0.1, 0.15) is 5.75 Å². The van der Waals surface area contributed by atoms with E-state index in [0.717, 1.165) is 25.3 Å². The molecule has 4 heteroatoms. The second-order valence-corrected chi connectivity index (χ2v) is 8.08. The standard InChI is InChI=1S/C19H24N2O2/c1-22-12-3-2-11-8-16-19-5-4-14-17(15(23-19)10-21-14)18(19,6-7-20-16)13(11)9-12/h2-3,9,14-17,20-21H,4-8,10H2,1H3/t14?,15-,16?,17?,18?,19+/m1/s1. The van der Waals surface area contributed by atoms with Crippen molar-refractivity contribution in [3.63, 3.8) is 0 Å². The third kappa shape index (κ3) is 1.30.